The molecule has 2 amide bonds. The molecule has 1 N–H and O–H groups in total. The number of nitrogens with one attached hydrogen (secondary N) is 1. The highest BCUT2D eigenvalue weighted by Gasteiger charge is 2.49. The van der Waals surface area contributed by atoms with Crippen LogP contribution in [-0.2, 0) is 23.3 Å². The summed E-state index contributed by atoms with van der Waals surface area (Å²) < 4.78 is 16.2. The van der Waals surface area contributed by atoms with Gasteiger partial charge in [-0.3, -0.25) is 14.3 Å². The minimum Gasteiger partial charge on any atom is -0.351 e. The third-order valence-corrected chi connectivity index (χ3v) is 6.78. The maximum atomic E-state index is 14.5. The van der Waals surface area contributed by atoms with E-state index in [2.05, 4.69) is 10.4 Å². The molecule has 1 aromatic heterocycles. The monoisotopic (exact) mass is 440 g/mol. The highest BCUT2D eigenvalue weighted by Crippen LogP contribution is 2.32. The van der Waals surface area contributed by atoms with Gasteiger partial charge in [0.2, 0.25) is 5.91 Å². The molecular weight excluding hydrogens is 407 g/mol. The molecule has 0 saturated heterocycles. The van der Waals surface area contributed by atoms with Gasteiger partial charge in [0.15, 0.2) is 0 Å². The number of hydrogen-bond acceptors (Lipinski definition) is 3. The molecule has 7 heteroatoms. The van der Waals surface area contributed by atoms with Crippen LogP contribution in [0, 0.1) is 5.82 Å². The molecule has 1 unspecified atom stereocenters. The van der Waals surface area contributed by atoms with E-state index in [-0.39, 0.29) is 42.2 Å². The van der Waals surface area contributed by atoms with Crippen LogP contribution in [0.1, 0.15) is 81.5 Å². The summed E-state index contributed by atoms with van der Waals surface area (Å²) >= 11 is 0. The van der Waals surface area contributed by atoms with Crippen LogP contribution < -0.4 is 5.32 Å². The van der Waals surface area contributed by atoms with E-state index in [1.54, 1.807) is 35.9 Å². The van der Waals surface area contributed by atoms with Crippen molar-refractivity contribution in [3.8, 4) is 0 Å². The fourth-order valence-corrected chi connectivity index (χ4v) is 4.64. The first-order valence-electron chi connectivity index (χ1n) is 11.5. The lowest BCUT2D eigenvalue weighted by atomic mass is 9.90. The number of nitrogens with zero attached hydrogens (tertiary/aromatic N) is 3. The molecule has 1 fully saturated rings. The van der Waals surface area contributed by atoms with Gasteiger partial charge < -0.3 is 10.2 Å². The molecule has 1 atom stereocenters. The summed E-state index contributed by atoms with van der Waals surface area (Å²) in [6.07, 6.45) is 5.28. The van der Waals surface area contributed by atoms with E-state index in [0.717, 1.165) is 31.4 Å². The highest BCUT2D eigenvalue weighted by atomic mass is 19.1. The molecule has 1 aliphatic heterocycles. The van der Waals surface area contributed by atoms with E-state index in [0.29, 0.717) is 11.3 Å². The fourth-order valence-electron chi connectivity index (χ4n) is 4.64. The van der Waals surface area contributed by atoms with Crippen LogP contribution in [0.5, 0.6) is 0 Å². The standard InChI is InChI=1S/C25H33FN4O2/c1-24(2,3)21-14-20-22(31)29(15-17-10-8-9-13-19(17)26)25(4,16-30(20)28-21)23(32)27-18-11-6-5-7-12-18/h8-10,13-14,18H,5-7,11-12,15-16H2,1-4H3,(H,27,32). The lowest BCUT2D eigenvalue weighted by Gasteiger charge is -2.44. The Morgan fingerprint density at radius 2 is 1.91 bits per heavy atom. The Labute approximate surface area is 189 Å². The van der Waals surface area contributed by atoms with Crippen molar-refractivity contribution in [2.75, 3.05) is 0 Å². The van der Waals surface area contributed by atoms with E-state index in [9.17, 15) is 14.0 Å². The predicted molar refractivity (Wildman–Crippen MR) is 121 cm³/mol. The maximum absolute atomic E-state index is 14.5. The second-order valence-electron chi connectivity index (χ2n) is 10.4. The quantitative estimate of drug-likeness (QED) is 0.776. The van der Waals surface area contributed by atoms with Gasteiger partial charge in [0.05, 0.1) is 18.8 Å². The summed E-state index contributed by atoms with van der Waals surface area (Å²) in [6, 6.07) is 8.32. The predicted octanol–water partition coefficient (Wildman–Crippen LogP) is 4.18. The number of fused-ring (bicyclic) bond motifs is 1. The van der Waals surface area contributed by atoms with Crippen molar-refractivity contribution < 1.29 is 14.0 Å². The molecule has 2 heterocycles. The molecule has 0 bridgehead atoms. The third-order valence-electron chi connectivity index (χ3n) is 6.78. The van der Waals surface area contributed by atoms with Crippen molar-refractivity contribution in [3.63, 3.8) is 0 Å². The lowest BCUT2D eigenvalue weighted by Crippen LogP contribution is -2.64. The van der Waals surface area contributed by atoms with Gasteiger partial charge in [0, 0.05) is 17.0 Å². The zero-order chi connectivity index (χ0) is 23.1. The molecule has 1 saturated carbocycles. The number of amides is 2. The zero-order valence-corrected chi connectivity index (χ0v) is 19.4. The topological polar surface area (TPSA) is 67.2 Å². The summed E-state index contributed by atoms with van der Waals surface area (Å²) in [5, 5.41) is 7.85. The van der Waals surface area contributed by atoms with Gasteiger partial charge >= 0.3 is 0 Å². The first kappa shape index (κ1) is 22.5. The molecule has 1 aliphatic carbocycles. The Bertz CT molecular complexity index is 1020. The van der Waals surface area contributed by atoms with E-state index in [1.165, 1.54) is 17.4 Å². The Morgan fingerprint density at radius 1 is 1.22 bits per heavy atom. The van der Waals surface area contributed by atoms with Crippen LogP contribution >= 0.6 is 0 Å². The van der Waals surface area contributed by atoms with E-state index in [4.69, 9.17) is 0 Å². The molecule has 172 valence electrons. The second kappa shape index (κ2) is 8.34. The number of halogens is 1. The Hall–Kier alpha value is -2.70. The SMILES string of the molecule is CC(C)(C)c1cc2n(n1)CC(C)(C(=O)NC1CCCCC1)N(Cc1ccccc1F)C2=O. The van der Waals surface area contributed by atoms with Crippen LogP contribution in [0.2, 0.25) is 0 Å². The largest absolute Gasteiger partial charge is 0.351 e. The number of aromatic nitrogens is 2. The summed E-state index contributed by atoms with van der Waals surface area (Å²) in [6.45, 7) is 8.15. The summed E-state index contributed by atoms with van der Waals surface area (Å²) in [4.78, 5) is 28.8. The normalized spacial score (nSPS) is 22.0. The lowest BCUT2D eigenvalue weighted by molar-refractivity contribution is -0.134. The van der Waals surface area contributed by atoms with Gasteiger partial charge in [0.25, 0.3) is 5.91 Å². The second-order valence-corrected chi connectivity index (χ2v) is 10.4. The third kappa shape index (κ3) is 4.17. The van der Waals surface area contributed by atoms with Crippen molar-refractivity contribution in [3.05, 3.63) is 53.1 Å². The maximum Gasteiger partial charge on any atom is 0.273 e. The summed E-state index contributed by atoms with van der Waals surface area (Å²) in [5.41, 5.74) is 0.214. The van der Waals surface area contributed by atoms with E-state index in [1.807, 2.05) is 20.8 Å². The fraction of sp³-hybridized carbons (Fsp3) is 0.560. The van der Waals surface area contributed by atoms with E-state index < -0.39 is 5.54 Å². The number of carbonyl (C=O) groups excluding carboxylic acids is 2. The van der Waals surface area contributed by atoms with Crippen molar-refractivity contribution in [1.82, 2.24) is 20.0 Å². The van der Waals surface area contributed by atoms with Crippen LogP contribution in [0.15, 0.2) is 30.3 Å². The molecule has 6 nitrogen and oxygen atoms in total. The first-order chi connectivity index (χ1) is 15.1. The molecule has 2 aliphatic rings. The summed E-state index contributed by atoms with van der Waals surface area (Å²) in [5.74, 6) is -0.888. The molecule has 4 rings (SSSR count). The molecule has 0 spiro atoms. The van der Waals surface area contributed by atoms with Crippen molar-refractivity contribution in [1.29, 1.82) is 0 Å². The number of rotatable bonds is 4. The number of carbonyl (C=O) groups is 2. The number of benzene rings is 1. The van der Waals surface area contributed by atoms with Crippen molar-refractivity contribution in [2.45, 2.75) is 89.9 Å². The Balaban J connectivity index is 1.72. The van der Waals surface area contributed by atoms with Gasteiger partial charge in [0.1, 0.15) is 17.1 Å². The molecule has 2 aromatic rings. The highest BCUT2D eigenvalue weighted by molar-refractivity contribution is 5.99. The van der Waals surface area contributed by atoms with Gasteiger partial charge in [-0.25, -0.2) is 4.39 Å². The van der Waals surface area contributed by atoms with Crippen LogP contribution in [0.3, 0.4) is 0 Å². The van der Waals surface area contributed by atoms with E-state index >= 15 is 0 Å². The van der Waals surface area contributed by atoms with Gasteiger partial charge in [-0.1, -0.05) is 58.2 Å². The van der Waals surface area contributed by atoms with Crippen LogP contribution in [-0.4, -0.2) is 38.1 Å². The van der Waals surface area contributed by atoms with Gasteiger partial charge in [-0.2, -0.15) is 5.10 Å². The zero-order valence-electron chi connectivity index (χ0n) is 19.4. The Kier molecular flexibility index (Phi) is 5.86. The van der Waals surface area contributed by atoms with Crippen LogP contribution in [0.25, 0.3) is 0 Å². The Morgan fingerprint density at radius 3 is 2.56 bits per heavy atom. The van der Waals surface area contributed by atoms with Crippen molar-refractivity contribution >= 4 is 11.8 Å². The average Bonchev–Trinajstić information content (AvgIpc) is 3.17. The molecule has 32 heavy (non-hydrogen) atoms. The van der Waals surface area contributed by atoms with Gasteiger partial charge in [-0.15, -0.1) is 0 Å². The van der Waals surface area contributed by atoms with Gasteiger partial charge in [-0.05, 0) is 31.9 Å². The minimum atomic E-state index is -1.18. The van der Waals surface area contributed by atoms with Crippen LogP contribution in [0.4, 0.5) is 4.39 Å². The molecule has 1 aromatic carbocycles. The average molecular weight is 441 g/mol. The molecule has 0 radical (unpaired) electrons. The number of hydrogen-bond donors (Lipinski definition) is 1. The molecular formula is C25H33FN4O2. The summed E-state index contributed by atoms with van der Waals surface area (Å²) in [7, 11) is 0. The minimum absolute atomic E-state index is 0.0239. The first-order valence-corrected chi connectivity index (χ1v) is 11.5. The smallest absolute Gasteiger partial charge is 0.273 e. The van der Waals surface area contributed by atoms with Crippen molar-refractivity contribution in [2.24, 2.45) is 0 Å².